The van der Waals surface area contributed by atoms with Crippen LogP contribution in [-0.2, 0) is 14.8 Å². The first-order valence-electron chi connectivity index (χ1n) is 7.43. The van der Waals surface area contributed by atoms with Crippen molar-refractivity contribution in [3.63, 3.8) is 0 Å². The van der Waals surface area contributed by atoms with E-state index >= 15 is 0 Å². The third-order valence-corrected chi connectivity index (χ3v) is 5.22. The summed E-state index contributed by atoms with van der Waals surface area (Å²) in [6.07, 6.45) is 0. The number of hydrogen-bond acceptors (Lipinski definition) is 3. The lowest BCUT2D eigenvalue weighted by Gasteiger charge is -2.24. The number of carbonyl (C=O) groups is 1. The van der Waals surface area contributed by atoms with Gasteiger partial charge in [-0.05, 0) is 50.2 Å². The molecule has 0 saturated carbocycles. The van der Waals surface area contributed by atoms with Crippen molar-refractivity contribution in [2.45, 2.75) is 24.8 Å². The van der Waals surface area contributed by atoms with Crippen molar-refractivity contribution in [1.82, 2.24) is 5.32 Å². The molecule has 0 aliphatic carbocycles. The van der Waals surface area contributed by atoms with Gasteiger partial charge in [0.05, 0.1) is 10.6 Å². The van der Waals surface area contributed by atoms with Gasteiger partial charge in [0.2, 0.25) is 5.91 Å². The summed E-state index contributed by atoms with van der Waals surface area (Å²) in [6, 6.07) is 14.3. The van der Waals surface area contributed by atoms with Crippen molar-refractivity contribution >= 4 is 33.2 Å². The molecule has 0 heterocycles. The maximum atomic E-state index is 13.0. The Morgan fingerprint density at radius 3 is 2.21 bits per heavy atom. The normalized spacial score (nSPS) is 11.3. The second kappa shape index (κ2) is 7.68. The fraction of sp³-hybridized carbons (Fsp3) is 0.235. The standard InChI is InChI=1S/C17H19ClN2O3S/c1-13(2)19-17(21)12-20(15-10-8-14(18)9-11-15)24(22,23)16-6-4-3-5-7-16/h3-11,13H,12H2,1-2H3,(H,19,21). The summed E-state index contributed by atoms with van der Waals surface area (Å²) in [7, 11) is -3.87. The molecule has 0 spiro atoms. The first-order chi connectivity index (χ1) is 11.3. The number of hydrogen-bond donors (Lipinski definition) is 1. The van der Waals surface area contributed by atoms with E-state index in [0.717, 1.165) is 4.31 Å². The van der Waals surface area contributed by atoms with Crippen molar-refractivity contribution in [2.75, 3.05) is 10.8 Å². The molecular formula is C17H19ClN2O3S. The molecule has 1 N–H and O–H groups in total. The molecule has 7 heteroatoms. The number of anilines is 1. The van der Waals surface area contributed by atoms with Crippen LogP contribution in [0.3, 0.4) is 0 Å². The van der Waals surface area contributed by atoms with Gasteiger partial charge in [-0.2, -0.15) is 0 Å². The van der Waals surface area contributed by atoms with Crippen LogP contribution in [0.4, 0.5) is 5.69 Å². The summed E-state index contributed by atoms with van der Waals surface area (Å²) in [4.78, 5) is 12.3. The number of sulfonamides is 1. The van der Waals surface area contributed by atoms with Crippen LogP contribution in [0.25, 0.3) is 0 Å². The fourth-order valence-corrected chi connectivity index (χ4v) is 3.71. The van der Waals surface area contributed by atoms with E-state index in [2.05, 4.69) is 5.32 Å². The third kappa shape index (κ3) is 4.49. The Hall–Kier alpha value is -2.05. The van der Waals surface area contributed by atoms with E-state index in [1.807, 2.05) is 13.8 Å². The van der Waals surface area contributed by atoms with Gasteiger partial charge in [-0.25, -0.2) is 8.42 Å². The highest BCUT2D eigenvalue weighted by molar-refractivity contribution is 7.92. The minimum atomic E-state index is -3.87. The van der Waals surface area contributed by atoms with Crippen LogP contribution >= 0.6 is 11.6 Å². The average Bonchev–Trinajstić information content (AvgIpc) is 2.54. The van der Waals surface area contributed by atoms with Gasteiger partial charge < -0.3 is 5.32 Å². The minimum Gasteiger partial charge on any atom is -0.352 e. The highest BCUT2D eigenvalue weighted by atomic mass is 35.5. The molecule has 5 nitrogen and oxygen atoms in total. The van der Waals surface area contributed by atoms with Crippen molar-refractivity contribution < 1.29 is 13.2 Å². The maximum absolute atomic E-state index is 13.0. The first-order valence-corrected chi connectivity index (χ1v) is 9.25. The quantitative estimate of drug-likeness (QED) is 0.854. The molecule has 128 valence electrons. The van der Waals surface area contributed by atoms with Crippen molar-refractivity contribution in [3.05, 3.63) is 59.6 Å². The summed E-state index contributed by atoms with van der Waals surface area (Å²) in [6.45, 7) is 3.32. The van der Waals surface area contributed by atoms with Crippen LogP contribution in [-0.4, -0.2) is 26.9 Å². The van der Waals surface area contributed by atoms with E-state index in [1.54, 1.807) is 42.5 Å². The van der Waals surface area contributed by atoms with Crippen LogP contribution in [0.2, 0.25) is 5.02 Å². The Morgan fingerprint density at radius 1 is 1.08 bits per heavy atom. The fourth-order valence-electron chi connectivity index (χ4n) is 2.14. The third-order valence-electron chi connectivity index (χ3n) is 3.18. The van der Waals surface area contributed by atoms with Gasteiger partial charge in [-0.3, -0.25) is 9.10 Å². The summed E-state index contributed by atoms with van der Waals surface area (Å²) < 4.78 is 27.0. The van der Waals surface area contributed by atoms with Crippen LogP contribution < -0.4 is 9.62 Å². The number of halogens is 1. The Labute approximate surface area is 147 Å². The zero-order valence-corrected chi connectivity index (χ0v) is 15.0. The molecule has 0 atom stereocenters. The van der Waals surface area contributed by atoms with Gasteiger partial charge in [0, 0.05) is 11.1 Å². The average molecular weight is 367 g/mol. The monoisotopic (exact) mass is 366 g/mol. The summed E-state index contributed by atoms with van der Waals surface area (Å²) in [5.41, 5.74) is 0.377. The lowest BCUT2D eigenvalue weighted by Crippen LogP contribution is -2.42. The number of nitrogens with zero attached hydrogens (tertiary/aromatic N) is 1. The minimum absolute atomic E-state index is 0.0796. The lowest BCUT2D eigenvalue weighted by molar-refractivity contribution is -0.120. The first kappa shape index (κ1) is 18.3. The Morgan fingerprint density at radius 2 is 1.67 bits per heavy atom. The van der Waals surface area contributed by atoms with Crippen molar-refractivity contribution in [3.8, 4) is 0 Å². The molecule has 2 rings (SSSR count). The van der Waals surface area contributed by atoms with Gasteiger partial charge in [-0.1, -0.05) is 29.8 Å². The van der Waals surface area contributed by atoms with Crippen LogP contribution in [0, 0.1) is 0 Å². The number of carbonyl (C=O) groups excluding carboxylic acids is 1. The molecule has 2 aromatic rings. The van der Waals surface area contributed by atoms with Gasteiger partial charge >= 0.3 is 0 Å². The molecule has 2 aromatic carbocycles. The van der Waals surface area contributed by atoms with E-state index in [-0.39, 0.29) is 23.4 Å². The largest absolute Gasteiger partial charge is 0.352 e. The molecule has 0 saturated heterocycles. The van der Waals surface area contributed by atoms with Gasteiger partial charge in [0.1, 0.15) is 6.54 Å². The maximum Gasteiger partial charge on any atom is 0.264 e. The molecule has 0 unspecified atom stereocenters. The molecule has 1 amide bonds. The topological polar surface area (TPSA) is 66.5 Å². The van der Waals surface area contributed by atoms with Crippen molar-refractivity contribution in [1.29, 1.82) is 0 Å². The molecule has 0 radical (unpaired) electrons. The Balaban J connectivity index is 2.42. The predicted octanol–water partition coefficient (Wildman–Crippen LogP) is 3.06. The second-order valence-corrected chi connectivity index (χ2v) is 7.82. The molecule has 0 aromatic heterocycles. The number of amides is 1. The molecule has 0 aliphatic heterocycles. The Bertz CT molecular complexity index is 790. The molecule has 24 heavy (non-hydrogen) atoms. The van der Waals surface area contributed by atoms with E-state index in [0.29, 0.717) is 10.7 Å². The van der Waals surface area contributed by atoms with E-state index < -0.39 is 10.0 Å². The van der Waals surface area contributed by atoms with E-state index in [9.17, 15) is 13.2 Å². The summed E-state index contributed by atoms with van der Waals surface area (Å²) in [5, 5.41) is 3.20. The number of benzene rings is 2. The van der Waals surface area contributed by atoms with Crippen LogP contribution in [0.15, 0.2) is 59.5 Å². The van der Waals surface area contributed by atoms with Gasteiger partial charge in [-0.15, -0.1) is 0 Å². The molecule has 0 fully saturated rings. The van der Waals surface area contributed by atoms with Crippen LogP contribution in [0.1, 0.15) is 13.8 Å². The smallest absolute Gasteiger partial charge is 0.264 e. The summed E-state index contributed by atoms with van der Waals surface area (Å²) >= 11 is 5.87. The van der Waals surface area contributed by atoms with Gasteiger partial charge in [0.25, 0.3) is 10.0 Å². The SMILES string of the molecule is CC(C)NC(=O)CN(c1ccc(Cl)cc1)S(=O)(=O)c1ccccc1. The highest BCUT2D eigenvalue weighted by Gasteiger charge is 2.27. The number of nitrogens with one attached hydrogen (secondary N) is 1. The van der Waals surface area contributed by atoms with E-state index in [1.165, 1.54) is 12.1 Å². The Kier molecular flexibility index (Phi) is 5.85. The molecule has 0 aliphatic rings. The van der Waals surface area contributed by atoms with E-state index in [4.69, 9.17) is 11.6 Å². The molecule has 0 bridgehead atoms. The molecular weight excluding hydrogens is 348 g/mol. The zero-order chi connectivity index (χ0) is 17.7. The predicted molar refractivity (Wildman–Crippen MR) is 95.7 cm³/mol. The van der Waals surface area contributed by atoms with Crippen LogP contribution in [0.5, 0.6) is 0 Å². The lowest BCUT2D eigenvalue weighted by atomic mass is 10.3. The van der Waals surface area contributed by atoms with Gasteiger partial charge in [0.15, 0.2) is 0 Å². The highest BCUT2D eigenvalue weighted by Crippen LogP contribution is 2.24. The summed E-state index contributed by atoms with van der Waals surface area (Å²) in [5.74, 6) is -0.376. The zero-order valence-electron chi connectivity index (χ0n) is 13.4. The van der Waals surface area contributed by atoms with Crippen molar-refractivity contribution in [2.24, 2.45) is 0 Å². The second-order valence-electron chi connectivity index (χ2n) is 5.52. The number of rotatable bonds is 6.